The summed E-state index contributed by atoms with van der Waals surface area (Å²) >= 11 is 0. The molecule has 5 nitrogen and oxygen atoms in total. The zero-order valence-corrected chi connectivity index (χ0v) is 17.9. The van der Waals surface area contributed by atoms with Crippen molar-refractivity contribution in [3.63, 3.8) is 0 Å². The third kappa shape index (κ3) is 7.70. The zero-order valence-electron chi connectivity index (χ0n) is 17.9. The van der Waals surface area contributed by atoms with Gasteiger partial charge in [0.1, 0.15) is 18.9 Å². The molecular weight excluding hydrogens is 352 g/mol. The highest BCUT2D eigenvalue weighted by atomic mass is 16.5. The Labute approximate surface area is 171 Å². The Morgan fingerprint density at radius 3 is 2.50 bits per heavy atom. The molecular formula is C23H39N2O3+. The number of quaternary nitrogens is 1. The Bertz CT molecular complexity index is 565. The largest absolute Gasteiger partial charge is 0.491 e. The monoisotopic (exact) mass is 391 g/mol. The summed E-state index contributed by atoms with van der Waals surface area (Å²) < 4.78 is 12.5. The lowest BCUT2D eigenvalue weighted by atomic mass is 10.1. The average Bonchev–Trinajstić information content (AvgIpc) is 2.70. The number of carbonyl (C=O) groups is 1. The highest BCUT2D eigenvalue weighted by molar-refractivity contribution is 5.86. The van der Waals surface area contributed by atoms with Crippen LogP contribution in [-0.2, 0) is 4.74 Å². The molecule has 1 fully saturated rings. The van der Waals surface area contributed by atoms with Gasteiger partial charge in [0.05, 0.1) is 31.9 Å². The molecule has 0 spiro atoms. The van der Waals surface area contributed by atoms with E-state index in [0.29, 0.717) is 24.7 Å². The van der Waals surface area contributed by atoms with Crippen molar-refractivity contribution in [2.45, 2.75) is 65.2 Å². The SMILES string of the molecule is CCCCCCOc1ccccc1NC(=O)OCC[N+]1(CCC)CCCCC1. The fourth-order valence-corrected chi connectivity index (χ4v) is 4.10. The van der Waals surface area contributed by atoms with Crippen molar-refractivity contribution >= 4 is 11.8 Å². The van der Waals surface area contributed by atoms with E-state index in [1.54, 1.807) is 0 Å². The van der Waals surface area contributed by atoms with E-state index in [1.165, 1.54) is 64.6 Å². The molecule has 2 rings (SSSR count). The van der Waals surface area contributed by atoms with Crippen LogP contribution in [0.25, 0.3) is 0 Å². The summed E-state index contributed by atoms with van der Waals surface area (Å²) in [5.74, 6) is 0.710. The van der Waals surface area contributed by atoms with E-state index in [4.69, 9.17) is 9.47 Å². The van der Waals surface area contributed by atoms with Gasteiger partial charge in [-0.25, -0.2) is 4.79 Å². The van der Waals surface area contributed by atoms with E-state index in [9.17, 15) is 4.79 Å². The standard InChI is InChI=1S/C23H38N2O3/c1-3-5-6-12-19-27-22-14-9-8-13-21(22)24-23(26)28-20-18-25(15-4-2)16-10-7-11-17-25/h8-9,13-14H,3-7,10-12,15-20H2,1-2H3/p+1. The van der Waals surface area contributed by atoms with Gasteiger partial charge in [0.2, 0.25) is 0 Å². The van der Waals surface area contributed by atoms with Gasteiger partial charge in [0.15, 0.2) is 0 Å². The molecule has 1 aromatic carbocycles. The average molecular weight is 392 g/mol. The maximum absolute atomic E-state index is 12.3. The quantitative estimate of drug-likeness (QED) is 0.372. The number of unbranched alkanes of at least 4 members (excludes halogenated alkanes) is 3. The lowest BCUT2D eigenvalue weighted by Gasteiger charge is -2.41. The molecule has 28 heavy (non-hydrogen) atoms. The first kappa shape index (κ1) is 22.5. The minimum Gasteiger partial charge on any atom is -0.491 e. The van der Waals surface area contributed by atoms with E-state index in [1.807, 2.05) is 24.3 Å². The van der Waals surface area contributed by atoms with Crippen LogP contribution in [0.4, 0.5) is 10.5 Å². The fraction of sp³-hybridized carbons (Fsp3) is 0.696. The third-order valence-electron chi connectivity index (χ3n) is 5.64. The number of benzene rings is 1. The van der Waals surface area contributed by atoms with Crippen molar-refractivity contribution in [3.8, 4) is 5.75 Å². The van der Waals surface area contributed by atoms with Crippen molar-refractivity contribution in [1.29, 1.82) is 0 Å². The number of piperidine rings is 1. The first-order chi connectivity index (χ1) is 13.7. The molecule has 1 saturated heterocycles. The minimum absolute atomic E-state index is 0.395. The van der Waals surface area contributed by atoms with E-state index < -0.39 is 6.09 Å². The van der Waals surface area contributed by atoms with Crippen molar-refractivity contribution in [2.24, 2.45) is 0 Å². The highest BCUT2D eigenvalue weighted by Crippen LogP contribution is 2.24. The van der Waals surface area contributed by atoms with Gasteiger partial charge >= 0.3 is 6.09 Å². The maximum atomic E-state index is 12.3. The van der Waals surface area contributed by atoms with Crippen molar-refractivity contribution < 1.29 is 18.8 Å². The summed E-state index contributed by atoms with van der Waals surface area (Å²) in [7, 11) is 0. The summed E-state index contributed by atoms with van der Waals surface area (Å²) in [6.45, 7) is 10.1. The number of amides is 1. The molecule has 158 valence electrons. The first-order valence-electron chi connectivity index (χ1n) is 11.2. The van der Waals surface area contributed by atoms with Crippen LogP contribution < -0.4 is 10.1 Å². The van der Waals surface area contributed by atoms with Gasteiger partial charge in [0, 0.05) is 0 Å². The van der Waals surface area contributed by atoms with Crippen LogP contribution in [0.2, 0.25) is 0 Å². The molecule has 1 heterocycles. The number of rotatable bonds is 12. The summed E-state index contributed by atoms with van der Waals surface area (Å²) in [4.78, 5) is 12.3. The maximum Gasteiger partial charge on any atom is 0.411 e. The Balaban J connectivity index is 1.77. The molecule has 0 atom stereocenters. The molecule has 0 aliphatic carbocycles. The molecule has 0 unspecified atom stereocenters. The first-order valence-corrected chi connectivity index (χ1v) is 11.2. The van der Waals surface area contributed by atoms with Crippen molar-refractivity contribution in [3.05, 3.63) is 24.3 Å². The van der Waals surface area contributed by atoms with Crippen LogP contribution in [0.1, 0.15) is 65.2 Å². The van der Waals surface area contributed by atoms with Gasteiger partial charge in [-0.15, -0.1) is 0 Å². The molecule has 5 heteroatoms. The van der Waals surface area contributed by atoms with Crippen LogP contribution >= 0.6 is 0 Å². The van der Waals surface area contributed by atoms with Crippen LogP contribution in [0.15, 0.2) is 24.3 Å². The molecule has 0 radical (unpaired) electrons. The second-order valence-corrected chi connectivity index (χ2v) is 7.96. The number of nitrogens with zero attached hydrogens (tertiary/aromatic N) is 1. The number of hydrogen-bond donors (Lipinski definition) is 1. The third-order valence-corrected chi connectivity index (χ3v) is 5.64. The van der Waals surface area contributed by atoms with E-state index in [2.05, 4.69) is 19.2 Å². The van der Waals surface area contributed by atoms with Gasteiger partial charge in [-0.05, 0) is 44.2 Å². The van der Waals surface area contributed by atoms with E-state index >= 15 is 0 Å². The van der Waals surface area contributed by atoms with Crippen LogP contribution in [-0.4, -0.2) is 50.0 Å². The predicted octanol–water partition coefficient (Wildman–Crippen LogP) is 5.60. The number of carbonyl (C=O) groups excluding carboxylic acids is 1. The van der Waals surface area contributed by atoms with E-state index in [0.717, 1.165) is 17.4 Å². The number of para-hydroxylation sites is 2. The van der Waals surface area contributed by atoms with Crippen molar-refractivity contribution in [2.75, 3.05) is 44.7 Å². The lowest BCUT2D eigenvalue weighted by molar-refractivity contribution is -0.932. The number of hydrogen-bond acceptors (Lipinski definition) is 3. The predicted molar refractivity (Wildman–Crippen MR) is 115 cm³/mol. The molecule has 1 aliphatic rings. The van der Waals surface area contributed by atoms with Gasteiger partial charge in [-0.3, -0.25) is 5.32 Å². The number of anilines is 1. The number of nitrogens with one attached hydrogen (secondary N) is 1. The molecule has 1 aliphatic heterocycles. The van der Waals surface area contributed by atoms with Gasteiger partial charge in [0.25, 0.3) is 0 Å². The van der Waals surface area contributed by atoms with Crippen molar-refractivity contribution in [1.82, 2.24) is 0 Å². The molecule has 1 amide bonds. The fourth-order valence-electron chi connectivity index (χ4n) is 4.10. The van der Waals surface area contributed by atoms with Crippen LogP contribution in [0, 0.1) is 0 Å². The molecule has 1 aromatic rings. The summed E-state index contributed by atoms with van der Waals surface area (Å²) in [5, 5.41) is 2.85. The topological polar surface area (TPSA) is 47.6 Å². The smallest absolute Gasteiger partial charge is 0.411 e. The zero-order chi connectivity index (χ0) is 20.1. The Morgan fingerprint density at radius 1 is 0.964 bits per heavy atom. The molecule has 0 aromatic heterocycles. The van der Waals surface area contributed by atoms with Gasteiger partial charge in [-0.1, -0.05) is 45.2 Å². The Morgan fingerprint density at radius 2 is 1.75 bits per heavy atom. The Hall–Kier alpha value is -1.75. The normalized spacial score (nSPS) is 15.8. The summed E-state index contributed by atoms with van der Waals surface area (Å²) in [6, 6.07) is 7.57. The number of likely N-dealkylation sites (tertiary alicyclic amines) is 1. The van der Waals surface area contributed by atoms with Gasteiger partial charge < -0.3 is 14.0 Å². The van der Waals surface area contributed by atoms with Crippen LogP contribution in [0.5, 0.6) is 5.75 Å². The van der Waals surface area contributed by atoms with Gasteiger partial charge in [-0.2, -0.15) is 0 Å². The minimum atomic E-state index is -0.395. The number of ether oxygens (including phenoxy) is 2. The Kier molecular flexibility index (Phi) is 10.2. The summed E-state index contributed by atoms with van der Waals surface area (Å²) in [5.41, 5.74) is 0.679. The molecule has 0 saturated carbocycles. The van der Waals surface area contributed by atoms with E-state index in [-0.39, 0.29) is 0 Å². The molecule has 0 bridgehead atoms. The lowest BCUT2D eigenvalue weighted by Crippen LogP contribution is -2.53. The second kappa shape index (κ2) is 12.7. The van der Waals surface area contributed by atoms with Crippen LogP contribution in [0.3, 0.4) is 0 Å². The second-order valence-electron chi connectivity index (χ2n) is 7.96. The highest BCUT2D eigenvalue weighted by Gasteiger charge is 2.29. The summed E-state index contributed by atoms with van der Waals surface area (Å²) in [6.07, 6.45) is 9.33. The molecule has 1 N–H and O–H groups in total.